The van der Waals surface area contributed by atoms with Crippen LogP contribution < -0.4 is 5.32 Å². The molecule has 1 amide bonds. The molecule has 13 heavy (non-hydrogen) atoms. The van der Waals surface area contributed by atoms with Gasteiger partial charge in [-0.3, -0.25) is 4.79 Å². The average Bonchev–Trinajstić information content (AvgIpc) is 2.15. The average molecular weight is 174 g/mol. The zero-order chi connectivity index (χ0) is 9.68. The summed E-state index contributed by atoms with van der Waals surface area (Å²) in [6.45, 7) is 1.91. The number of amides is 1. The van der Waals surface area contributed by atoms with Crippen molar-refractivity contribution in [3.8, 4) is 6.07 Å². The minimum atomic E-state index is -0.195. The quantitative estimate of drug-likeness (QED) is 0.686. The third-order valence-electron chi connectivity index (χ3n) is 1.72. The van der Waals surface area contributed by atoms with Crippen molar-refractivity contribution in [1.82, 2.24) is 5.32 Å². The topological polar surface area (TPSA) is 52.9 Å². The Morgan fingerprint density at radius 1 is 1.54 bits per heavy atom. The highest BCUT2D eigenvalue weighted by atomic mass is 16.1. The fraction of sp³-hybridized carbons (Fsp3) is 0.200. The molecule has 0 unspecified atom stereocenters. The molecule has 0 aliphatic rings. The van der Waals surface area contributed by atoms with Gasteiger partial charge < -0.3 is 5.32 Å². The monoisotopic (exact) mass is 174 g/mol. The molecular formula is C10H10N2O. The van der Waals surface area contributed by atoms with E-state index in [9.17, 15) is 4.79 Å². The summed E-state index contributed by atoms with van der Waals surface area (Å²) in [5, 5.41) is 10.8. The van der Waals surface area contributed by atoms with E-state index in [0.717, 1.165) is 5.56 Å². The van der Waals surface area contributed by atoms with Gasteiger partial charge in [-0.05, 0) is 18.6 Å². The molecule has 0 aliphatic heterocycles. The number of nitrogens with zero attached hydrogens (tertiary/aromatic N) is 1. The van der Waals surface area contributed by atoms with E-state index in [1.54, 1.807) is 12.1 Å². The van der Waals surface area contributed by atoms with Gasteiger partial charge in [0.2, 0.25) is 0 Å². The van der Waals surface area contributed by atoms with Crippen LogP contribution in [0.4, 0.5) is 0 Å². The number of carbonyl (C=O) groups excluding carboxylic acids is 1. The summed E-state index contributed by atoms with van der Waals surface area (Å²) in [5.74, 6) is -0.195. The van der Waals surface area contributed by atoms with Gasteiger partial charge in [0.05, 0.1) is 6.07 Å². The highest BCUT2D eigenvalue weighted by molar-refractivity contribution is 5.95. The summed E-state index contributed by atoms with van der Waals surface area (Å²) >= 11 is 0. The smallest absolute Gasteiger partial charge is 0.252 e. The molecule has 0 atom stereocenters. The molecule has 0 fully saturated rings. The summed E-state index contributed by atoms with van der Waals surface area (Å²) in [6.07, 6.45) is 0. The highest BCUT2D eigenvalue weighted by Gasteiger charge is 2.05. The van der Waals surface area contributed by atoms with Crippen molar-refractivity contribution in [2.24, 2.45) is 0 Å². The van der Waals surface area contributed by atoms with Crippen LogP contribution in [0, 0.1) is 18.3 Å². The van der Waals surface area contributed by atoms with Crippen molar-refractivity contribution in [2.45, 2.75) is 6.92 Å². The molecule has 1 aromatic carbocycles. The zero-order valence-corrected chi connectivity index (χ0v) is 7.37. The van der Waals surface area contributed by atoms with E-state index < -0.39 is 0 Å². The molecule has 3 heteroatoms. The lowest BCUT2D eigenvalue weighted by Crippen LogP contribution is -2.24. The van der Waals surface area contributed by atoms with Crippen LogP contribution in [0.1, 0.15) is 15.9 Å². The zero-order valence-electron chi connectivity index (χ0n) is 7.37. The van der Waals surface area contributed by atoms with Gasteiger partial charge in [-0.1, -0.05) is 18.2 Å². The van der Waals surface area contributed by atoms with E-state index in [-0.39, 0.29) is 12.5 Å². The highest BCUT2D eigenvalue weighted by Crippen LogP contribution is 2.05. The van der Waals surface area contributed by atoms with Gasteiger partial charge in [0.1, 0.15) is 6.54 Å². The van der Waals surface area contributed by atoms with Gasteiger partial charge in [-0.25, -0.2) is 0 Å². The molecule has 1 N–H and O–H groups in total. The molecule has 0 saturated carbocycles. The molecular weight excluding hydrogens is 164 g/mol. The second-order valence-corrected chi connectivity index (χ2v) is 2.66. The van der Waals surface area contributed by atoms with E-state index >= 15 is 0 Å². The first kappa shape index (κ1) is 9.27. The van der Waals surface area contributed by atoms with Crippen molar-refractivity contribution in [3.05, 3.63) is 35.4 Å². The number of carbonyl (C=O) groups is 1. The summed E-state index contributed by atoms with van der Waals surface area (Å²) in [4.78, 5) is 11.4. The fourth-order valence-corrected chi connectivity index (χ4v) is 1.04. The minimum Gasteiger partial charge on any atom is -0.339 e. The summed E-state index contributed by atoms with van der Waals surface area (Å²) in [5.41, 5.74) is 1.54. The Balaban J connectivity index is 2.78. The third kappa shape index (κ3) is 2.31. The summed E-state index contributed by atoms with van der Waals surface area (Å²) in [6, 6.07) is 9.13. The number of nitriles is 1. The Bertz CT molecular complexity index is 352. The van der Waals surface area contributed by atoms with Gasteiger partial charge in [0.15, 0.2) is 0 Å². The van der Waals surface area contributed by atoms with Crippen LogP contribution in [0.3, 0.4) is 0 Å². The summed E-state index contributed by atoms with van der Waals surface area (Å²) in [7, 11) is 0. The van der Waals surface area contributed by atoms with E-state index in [1.807, 2.05) is 25.1 Å². The maximum Gasteiger partial charge on any atom is 0.252 e. The molecule has 0 aromatic heterocycles. The van der Waals surface area contributed by atoms with Crippen LogP contribution in [0.15, 0.2) is 24.3 Å². The molecule has 1 aromatic rings. The van der Waals surface area contributed by atoms with Gasteiger partial charge in [0.25, 0.3) is 5.91 Å². The second kappa shape index (κ2) is 4.27. The Hall–Kier alpha value is -1.82. The lowest BCUT2D eigenvalue weighted by atomic mass is 10.1. The van der Waals surface area contributed by atoms with Crippen LogP contribution in [0.5, 0.6) is 0 Å². The molecule has 0 bridgehead atoms. The van der Waals surface area contributed by atoms with E-state index in [4.69, 9.17) is 5.26 Å². The first-order valence-electron chi connectivity index (χ1n) is 3.96. The van der Waals surface area contributed by atoms with Gasteiger partial charge in [-0.2, -0.15) is 5.26 Å². The van der Waals surface area contributed by atoms with E-state index in [2.05, 4.69) is 5.32 Å². The number of hydrogen-bond acceptors (Lipinski definition) is 2. The first-order chi connectivity index (χ1) is 6.25. The number of hydrogen-bond donors (Lipinski definition) is 1. The molecule has 0 heterocycles. The van der Waals surface area contributed by atoms with Crippen molar-refractivity contribution < 1.29 is 4.79 Å². The Kier molecular flexibility index (Phi) is 3.04. The molecule has 1 rings (SSSR count). The second-order valence-electron chi connectivity index (χ2n) is 2.66. The van der Waals surface area contributed by atoms with Crippen molar-refractivity contribution in [3.63, 3.8) is 0 Å². The predicted octanol–water partition coefficient (Wildman–Crippen LogP) is 1.25. The standard InChI is InChI=1S/C10H10N2O/c1-8-4-2-3-5-9(8)10(13)12-7-6-11/h2-5H,7H2,1H3,(H,12,13). The Morgan fingerprint density at radius 2 is 2.23 bits per heavy atom. The number of benzene rings is 1. The normalized spacial score (nSPS) is 8.92. The Labute approximate surface area is 77.0 Å². The van der Waals surface area contributed by atoms with Crippen LogP contribution in [-0.2, 0) is 0 Å². The van der Waals surface area contributed by atoms with E-state index in [0.29, 0.717) is 5.56 Å². The van der Waals surface area contributed by atoms with Crippen LogP contribution in [0.2, 0.25) is 0 Å². The van der Waals surface area contributed by atoms with E-state index in [1.165, 1.54) is 0 Å². The van der Waals surface area contributed by atoms with Gasteiger partial charge in [0, 0.05) is 5.56 Å². The molecule has 3 nitrogen and oxygen atoms in total. The lowest BCUT2D eigenvalue weighted by Gasteiger charge is -2.03. The molecule has 0 radical (unpaired) electrons. The number of nitrogens with one attached hydrogen (secondary N) is 1. The number of aryl methyl sites for hydroxylation is 1. The lowest BCUT2D eigenvalue weighted by molar-refractivity contribution is 0.0958. The van der Waals surface area contributed by atoms with Crippen molar-refractivity contribution in [1.29, 1.82) is 5.26 Å². The first-order valence-corrected chi connectivity index (χ1v) is 3.96. The SMILES string of the molecule is Cc1ccccc1C(=O)NCC#N. The van der Waals surface area contributed by atoms with Crippen LogP contribution in [0.25, 0.3) is 0 Å². The molecule has 0 aliphatic carbocycles. The van der Waals surface area contributed by atoms with Crippen molar-refractivity contribution in [2.75, 3.05) is 6.54 Å². The largest absolute Gasteiger partial charge is 0.339 e. The number of rotatable bonds is 2. The molecule has 0 spiro atoms. The molecule has 66 valence electrons. The van der Waals surface area contributed by atoms with Gasteiger partial charge in [-0.15, -0.1) is 0 Å². The fourth-order valence-electron chi connectivity index (χ4n) is 1.04. The minimum absolute atomic E-state index is 0.0488. The summed E-state index contributed by atoms with van der Waals surface area (Å²) < 4.78 is 0. The van der Waals surface area contributed by atoms with Crippen molar-refractivity contribution >= 4 is 5.91 Å². The van der Waals surface area contributed by atoms with Crippen LogP contribution in [-0.4, -0.2) is 12.5 Å². The third-order valence-corrected chi connectivity index (χ3v) is 1.72. The maximum absolute atomic E-state index is 11.4. The predicted molar refractivity (Wildman–Crippen MR) is 49.1 cm³/mol. The molecule has 0 saturated heterocycles. The maximum atomic E-state index is 11.4. The Morgan fingerprint density at radius 3 is 2.85 bits per heavy atom. The van der Waals surface area contributed by atoms with Gasteiger partial charge >= 0.3 is 0 Å². The van der Waals surface area contributed by atoms with Crippen LogP contribution >= 0.6 is 0 Å².